The van der Waals surface area contributed by atoms with E-state index < -0.39 is 0 Å². The van der Waals surface area contributed by atoms with Gasteiger partial charge in [-0.25, -0.2) is 4.68 Å². The lowest BCUT2D eigenvalue weighted by atomic mass is 9.75. The molecule has 4 atom stereocenters. The number of hydrogen-bond donors (Lipinski definition) is 2. The molecule has 0 spiro atoms. The van der Waals surface area contributed by atoms with Crippen molar-refractivity contribution in [2.75, 3.05) is 41.3 Å². The van der Waals surface area contributed by atoms with Gasteiger partial charge in [0.2, 0.25) is 5.91 Å². The molecule has 3 saturated heterocycles. The number of fused-ring (bicyclic) bond motifs is 3. The Hall–Kier alpha value is -1.47. The molecule has 1 amide bonds. The number of hydrogen-bond acceptors (Lipinski definition) is 3. The zero-order valence-corrected chi connectivity index (χ0v) is 14.7. The molecule has 128 valence electrons. The molecular weight excluding hydrogens is 292 g/mol. The number of carbonyl (C=O) groups is 1. The highest BCUT2D eigenvalue weighted by atomic mass is 16.2. The Kier molecular flexibility index (Phi) is 4.68. The zero-order chi connectivity index (χ0) is 16.6. The van der Waals surface area contributed by atoms with Crippen molar-refractivity contribution in [1.82, 2.24) is 19.9 Å². The number of carbonyl (C=O) groups excluding carboxylic acids is 1. The predicted octanol–water partition coefficient (Wildman–Crippen LogP) is -2.70. The third-order valence-corrected chi connectivity index (χ3v) is 5.34. The van der Waals surface area contributed by atoms with Crippen LogP contribution in [0.5, 0.6) is 0 Å². The van der Waals surface area contributed by atoms with E-state index in [0.717, 1.165) is 31.7 Å². The van der Waals surface area contributed by atoms with Crippen LogP contribution in [0.25, 0.3) is 0 Å². The van der Waals surface area contributed by atoms with Crippen molar-refractivity contribution in [3.8, 4) is 0 Å². The van der Waals surface area contributed by atoms with Crippen molar-refractivity contribution in [3.63, 3.8) is 0 Å². The summed E-state index contributed by atoms with van der Waals surface area (Å²) in [5.41, 5.74) is 1.05. The van der Waals surface area contributed by atoms with Gasteiger partial charge in [0.15, 0.2) is 0 Å². The van der Waals surface area contributed by atoms with E-state index in [2.05, 4.69) is 30.6 Å². The van der Waals surface area contributed by atoms with E-state index in [9.17, 15) is 4.79 Å². The van der Waals surface area contributed by atoms with Crippen molar-refractivity contribution in [2.45, 2.75) is 32.0 Å². The highest BCUT2D eigenvalue weighted by Crippen LogP contribution is 2.28. The smallest absolute Gasteiger partial charge is 0.231 e. The maximum Gasteiger partial charge on any atom is 0.231 e. The van der Waals surface area contributed by atoms with Crippen molar-refractivity contribution in [3.05, 3.63) is 11.9 Å². The van der Waals surface area contributed by atoms with Crippen molar-refractivity contribution < 1.29 is 14.6 Å². The quantitative estimate of drug-likeness (QED) is 0.620. The van der Waals surface area contributed by atoms with Gasteiger partial charge in [-0.2, -0.15) is 0 Å². The van der Waals surface area contributed by atoms with Crippen molar-refractivity contribution >= 4 is 5.91 Å². The number of piperidine rings is 3. The van der Waals surface area contributed by atoms with Gasteiger partial charge in [-0.1, -0.05) is 5.21 Å². The molecule has 23 heavy (non-hydrogen) atoms. The molecule has 4 heterocycles. The standard InChI is InChI=1S/C16H28N6O/c1-19(2)8-13-9-22(18-17-13)10-14-7-12-5-6-21(14)11-15(12)16(23)20(3)4/h9,12,14-15H,5-8,10-11H2,1-4H3/p+2/t12-,14+,15-/m0/s1. The van der Waals surface area contributed by atoms with E-state index in [0.29, 0.717) is 17.9 Å². The summed E-state index contributed by atoms with van der Waals surface area (Å²) in [6.45, 7) is 4.00. The fraction of sp³-hybridized carbons (Fsp3) is 0.812. The molecule has 1 unspecified atom stereocenters. The van der Waals surface area contributed by atoms with E-state index in [1.807, 2.05) is 18.8 Å². The number of nitrogens with one attached hydrogen (secondary N) is 2. The highest BCUT2D eigenvalue weighted by molar-refractivity contribution is 5.78. The van der Waals surface area contributed by atoms with Crippen LogP contribution in [-0.4, -0.2) is 73.1 Å². The van der Waals surface area contributed by atoms with Gasteiger partial charge in [0.1, 0.15) is 18.3 Å². The van der Waals surface area contributed by atoms with Crippen LogP contribution in [0, 0.1) is 11.8 Å². The Morgan fingerprint density at radius 2 is 2.26 bits per heavy atom. The Morgan fingerprint density at radius 1 is 1.48 bits per heavy atom. The predicted molar refractivity (Wildman–Crippen MR) is 85.9 cm³/mol. The summed E-state index contributed by atoms with van der Waals surface area (Å²) < 4.78 is 2.00. The second-order valence-corrected chi connectivity index (χ2v) is 7.75. The van der Waals surface area contributed by atoms with Crippen LogP contribution in [0.2, 0.25) is 0 Å². The van der Waals surface area contributed by atoms with E-state index >= 15 is 0 Å². The van der Waals surface area contributed by atoms with Gasteiger partial charge in [-0.3, -0.25) is 4.79 Å². The Balaban J connectivity index is 1.61. The second-order valence-electron chi connectivity index (χ2n) is 7.75. The van der Waals surface area contributed by atoms with Crippen LogP contribution in [0.1, 0.15) is 18.5 Å². The van der Waals surface area contributed by atoms with Crippen LogP contribution < -0.4 is 9.80 Å². The third kappa shape index (κ3) is 3.55. The van der Waals surface area contributed by atoms with E-state index in [4.69, 9.17) is 0 Å². The molecule has 0 aliphatic carbocycles. The SMILES string of the molecule is CN(C)C(=O)[C@H]1C[NH+]2CC[C@H]1C[C@@H]2Cn1cc(C[NH+](C)C)nn1. The molecule has 7 nitrogen and oxygen atoms in total. The molecule has 3 aliphatic rings. The number of rotatable bonds is 5. The van der Waals surface area contributed by atoms with Gasteiger partial charge in [0.05, 0.1) is 45.8 Å². The molecule has 0 aromatic carbocycles. The van der Waals surface area contributed by atoms with Gasteiger partial charge in [0.25, 0.3) is 0 Å². The monoisotopic (exact) mass is 322 g/mol. The summed E-state index contributed by atoms with van der Waals surface area (Å²) in [5, 5.41) is 8.57. The maximum atomic E-state index is 12.3. The minimum Gasteiger partial charge on any atom is -0.348 e. The van der Waals surface area contributed by atoms with Crippen LogP contribution >= 0.6 is 0 Å². The average molecular weight is 322 g/mol. The Morgan fingerprint density at radius 3 is 2.87 bits per heavy atom. The van der Waals surface area contributed by atoms with Gasteiger partial charge >= 0.3 is 0 Å². The first-order valence-corrected chi connectivity index (χ1v) is 8.68. The first-order chi connectivity index (χ1) is 10.9. The molecular formula is C16H30N6O+2. The minimum absolute atomic E-state index is 0.216. The Bertz CT molecular complexity index is 555. The molecule has 1 aromatic heterocycles. The number of quaternary nitrogens is 2. The van der Waals surface area contributed by atoms with Gasteiger partial charge in [-0.15, -0.1) is 5.10 Å². The first kappa shape index (κ1) is 16.4. The van der Waals surface area contributed by atoms with Crippen LogP contribution in [0.15, 0.2) is 6.20 Å². The summed E-state index contributed by atoms with van der Waals surface area (Å²) in [6.07, 6.45) is 4.40. The van der Waals surface area contributed by atoms with Crippen LogP contribution in [-0.2, 0) is 17.9 Å². The molecule has 2 bridgehead atoms. The highest BCUT2D eigenvalue weighted by Gasteiger charge is 2.47. The molecule has 7 heteroatoms. The minimum atomic E-state index is 0.216. The number of amides is 1. The largest absolute Gasteiger partial charge is 0.348 e. The van der Waals surface area contributed by atoms with Crippen molar-refractivity contribution in [2.24, 2.45) is 11.8 Å². The molecule has 0 saturated carbocycles. The van der Waals surface area contributed by atoms with E-state index in [1.165, 1.54) is 17.9 Å². The van der Waals surface area contributed by atoms with Crippen molar-refractivity contribution in [1.29, 1.82) is 0 Å². The maximum absolute atomic E-state index is 12.3. The lowest BCUT2D eigenvalue weighted by Crippen LogP contribution is -3.20. The average Bonchev–Trinajstić information content (AvgIpc) is 2.93. The van der Waals surface area contributed by atoms with Gasteiger partial charge < -0.3 is 14.7 Å². The summed E-state index contributed by atoms with van der Waals surface area (Å²) in [7, 11) is 7.99. The molecule has 0 radical (unpaired) electrons. The lowest BCUT2D eigenvalue weighted by Gasteiger charge is -2.46. The molecule has 3 aliphatic heterocycles. The topological polar surface area (TPSA) is 59.9 Å². The van der Waals surface area contributed by atoms with E-state index in [1.54, 1.807) is 9.80 Å². The number of aromatic nitrogens is 3. The summed E-state index contributed by atoms with van der Waals surface area (Å²) in [4.78, 5) is 17.0. The Labute approximate surface area is 138 Å². The summed E-state index contributed by atoms with van der Waals surface area (Å²) in [6, 6.07) is 0.571. The molecule has 4 rings (SSSR count). The normalized spacial score (nSPS) is 30.0. The second kappa shape index (κ2) is 6.57. The fourth-order valence-electron chi connectivity index (χ4n) is 4.23. The number of nitrogens with zero attached hydrogens (tertiary/aromatic N) is 4. The van der Waals surface area contributed by atoms with E-state index in [-0.39, 0.29) is 5.92 Å². The van der Waals surface area contributed by atoms with Gasteiger partial charge in [0, 0.05) is 26.9 Å². The van der Waals surface area contributed by atoms with Crippen LogP contribution in [0.4, 0.5) is 0 Å². The molecule has 2 N–H and O–H groups in total. The summed E-state index contributed by atoms with van der Waals surface area (Å²) in [5.74, 6) is 1.07. The third-order valence-electron chi connectivity index (χ3n) is 5.34. The summed E-state index contributed by atoms with van der Waals surface area (Å²) >= 11 is 0. The van der Waals surface area contributed by atoms with Gasteiger partial charge in [-0.05, 0) is 5.92 Å². The fourth-order valence-corrected chi connectivity index (χ4v) is 4.23. The zero-order valence-electron chi connectivity index (χ0n) is 14.7. The first-order valence-electron chi connectivity index (χ1n) is 8.68. The lowest BCUT2D eigenvalue weighted by molar-refractivity contribution is -0.945. The molecule has 3 fully saturated rings. The van der Waals surface area contributed by atoms with Crippen LogP contribution in [0.3, 0.4) is 0 Å². The molecule has 1 aromatic rings.